The Bertz CT molecular complexity index is 1560. The number of rotatable bonds is 22. The quantitative estimate of drug-likeness (QED) is 0.0601. The highest BCUT2D eigenvalue weighted by molar-refractivity contribution is 5.85. The number of carboxylic acids is 1. The van der Waals surface area contributed by atoms with Gasteiger partial charge in [0, 0.05) is 31.6 Å². The van der Waals surface area contributed by atoms with E-state index in [0.717, 1.165) is 47.3 Å². The van der Waals surface area contributed by atoms with E-state index in [4.69, 9.17) is 16.2 Å². The van der Waals surface area contributed by atoms with E-state index in [9.17, 15) is 24.6 Å². The molecule has 4 rings (SSSR count). The van der Waals surface area contributed by atoms with Crippen LogP contribution in [0.15, 0.2) is 71.4 Å². The summed E-state index contributed by atoms with van der Waals surface area (Å²) in [7, 11) is 0. The number of aliphatic hydroxyl groups is 2. The molecule has 1 aliphatic heterocycles. The summed E-state index contributed by atoms with van der Waals surface area (Å²) in [4.78, 5) is 42.1. The number of hydrogen-bond acceptors (Lipinski definition) is 8. The molecule has 0 radical (unpaired) electrons. The normalized spacial score (nSPS) is 17.4. The Labute approximate surface area is 288 Å². The third kappa shape index (κ3) is 11.9. The van der Waals surface area contributed by atoms with Gasteiger partial charge in [0.2, 0.25) is 0 Å². The summed E-state index contributed by atoms with van der Waals surface area (Å²) in [5, 5.41) is 40.1. The number of carbonyl (C=O) groups excluding carboxylic acids is 2. The zero-order valence-electron chi connectivity index (χ0n) is 28.0. The molecule has 2 heterocycles. The Kier molecular flexibility index (Phi) is 14.9. The molecule has 0 fully saturated rings. The number of aromatic amines is 1. The molecule has 0 unspecified atom stereocenters. The van der Waals surface area contributed by atoms with Gasteiger partial charge in [-0.2, -0.15) is 0 Å². The van der Waals surface area contributed by atoms with Crippen molar-refractivity contribution in [2.45, 2.75) is 94.7 Å². The molecule has 0 saturated carbocycles. The zero-order chi connectivity index (χ0) is 35.0. The van der Waals surface area contributed by atoms with E-state index in [1.807, 2.05) is 30.3 Å². The summed E-state index contributed by atoms with van der Waals surface area (Å²) in [6.07, 6.45) is 11.0. The second kappa shape index (κ2) is 19.5. The van der Waals surface area contributed by atoms with E-state index >= 15 is 0 Å². The van der Waals surface area contributed by atoms with E-state index in [2.05, 4.69) is 33.5 Å². The predicted octanol–water partition coefficient (Wildman–Crippen LogP) is 5.43. The van der Waals surface area contributed by atoms with Gasteiger partial charge in [-0.15, -0.1) is 0 Å². The number of hydrogen-bond donors (Lipinski definition) is 6. The number of aldehydes is 2. The van der Waals surface area contributed by atoms with E-state index < -0.39 is 18.1 Å². The Morgan fingerprint density at radius 2 is 1.84 bits per heavy atom. The molecule has 3 aromatic rings. The minimum absolute atomic E-state index is 0.0493. The lowest BCUT2D eigenvalue weighted by atomic mass is 9.84. The molecule has 0 saturated heterocycles. The standard InChI is InChI=1S/C38H50N5O6/c39-38-41-19-16-35(43-38)33(24-37(48)49)34(42-36-7-2-18-40-36)15-13-28(5-1-6-32(47)14-9-27(25-46)4-3-20-44)30-12-11-29-10-8-26(17-21-45)22-31(29)23-30/h2,7-8,10-12,18,21-25,27-28,32,34-35,40,44,47H,1,3-6,9,13-17,19-20H2,(H,48,49)(H3,39,41,43)/q-1/b33-24-/t27-,28+,32+,34+,35-/m1/s1. The second-order valence-corrected chi connectivity index (χ2v) is 12.9. The molecule has 7 N–H and O–H groups in total. The highest BCUT2D eigenvalue weighted by atomic mass is 16.4. The number of guanidine groups is 1. The van der Waals surface area contributed by atoms with Crippen molar-refractivity contribution in [3.63, 3.8) is 0 Å². The minimum Gasteiger partial charge on any atom is -0.478 e. The number of H-pyrrole nitrogens is 1. The van der Waals surface area contributed by atoms with Crippen LogP contribution in [0, 0.1) is 5.92 Å². The van der Waals surface area contributed by atoms with Gasteiger partial charge >= 0.3 is 5.97 Å². The number of fused-ring (bicyclic) bond motifs is 1. The molecule has 0 aliphatic carbocycles. The fourth-order valence-electron chi connectivity index (χ4n) is 6.72. The first-order chi connectivity index (χ1) is 23.8. The maximum absolute atomic E-state index is 12.1. The van der Waals surface area contributed by atoms with Gasteiger partial charge < -0.3 is 46.3 Å². The van der Waals surface area contributed by atoms with Crippen molar-refractivity contribution in [3.8, 4) is 0 Å². The fraction of sp³-hybridized carbons (Fsp3) is 0.474. The van der Waals surface area contributed by atoms with Crippen LogP contribution in [0.5, 0.6) is 0 Å². The average molecular weight is 673 g/mol. The maximum Gasteiger partial charge on any atom is 0.328 e. The molecule has 0 amide bonds. The van der Waals surface area contributed by atoms with E-state index in [-0.39, 0.29) is 30.4 Å². The Balaban J connectivity index is 1.56. The van der Waals surface area contributed by atoms with Gasteiger partial charge in [-0.3, -0.25) is 4.99 Å². The van der Waals surface area contributed by atoms with Crippen LogP contribution in [0.4, 0.5) is 5.82 Å². The summed E-state index contributed by atoms with van der Waals surface area (Å²) in [6.45, 7) is 0.534. The van der Waals surface area contributed by atoms with Crippen molar-refractivity contribution >= 4 is 41.1 Å². The van der Waals surface area contributed by atoms with Crippen LogP contribution in [0.2, 0.25) is 0 Å². The first-order valence-electron chi connectivity index (χ1n) is 17.3. The number of nitrogens with two attached hydrogens (primary N) is 1. The number of aromatic nitrogens is 1. The third-order valence-electron chi connectivity index (χ3n) is 9.37. The minimum atomic E-state index is -1.05. The number of aliphatic imine (C=N–C) groups is 1. The van der Waals surface area contributed by atoms with Crippen LogP contribution < -0.4 is 11.1 Å². The number of nitrogens with zero attached hydrogens (tertiary/aromatic N) is 2. The molecule has 264 valence electrons. The lowest BCUT2D eigenvalue weighted by Gasteiger charge is -2.35. The summed E-state index contributed by atoms with van der Waals surface area (Å²) < 4.78 is 0. The van der Waals surface area contributed by atoms with Crippen molar-refractivity contribution in [1.29, 1.82) is 0 Å². The van der Waals surface area contributed by atoms with E-state index in [1.54, 1.807) is 6.20 Å². The largest absolute Gasteiger partial charge is 0.478 e. The fourth-order valence-corrected chi connectivity index (χ4v) is 6.72. The van der Waals surface area contributed by atoms with Gasteiger partial charge in [0.25, 0.3) is 0 Å². The molecule has 1 aliphatic rings. The van der Waals surface area contributed by atoms with E-state index in [0.29, 0.717) is 75.7 Å². The molecule has 1 aromatic heterocycles. The number of aliphatic hydroxyl groups excluding tert-OH is 2. The monoisotopic (exact) mass is 672 g/mol. The number of carbonyl (C=O) groups is 3. The van der Waals surface area contributed by atoms with E-state index in [1.165, 1.54) is 6.08 Å². The van der Waals surface area contributed by atoms with Gasteiger partial charge in [-0.25, -0.2) is 4.79 Å². The topological polar surface area (TPSA) is 192 Å². The third-order valence-corrected chi connectivity index (χ3v) is 9.37. The summed E-state index contributed by atoms with van der Waals surface area (Å²) in [6, 6.07) is 15.4. The lowest BCUT2D eigenvalue weighted by Crippen LogP contribution is -2.46. The summed E-state index contributed by atoms with van der Waals surface area (Å²) in [5.74, 6) is -0.203. The van der Waals surface area contributed by atoms with Crippen LogP contribution in [-0.4, -0.2) is 76.1 Å². The SMILES string of the molecule is NC1=NCC[C@H](/C(=C\C(=O)O)[C@H](CC[C@H](CCC[C@H](O)CC[C@H](C=O)CCCO)c2ccc3ccc(CC=O)cc3c2)[N-]c2ccc[nH]2)N1. The molecule has 0 bridgehead atoms. The molecular weight excluding hydrogens is 622 g/mol. The van der Waals surface area contributed by atoms with Crippen LogP contribution in [-0.2, 0) is 20.8 Å². The van der Waals surface area contributed by atoms with Gasteiger partial charge in [-0.05, 0) is 97.2 Å². The second-order valence-electron chi connectivity index (χ2n) is 12.9. The van der Waals surface area contributed by atoms with Gasteiger partial charge in [0.1, 0.15) is 12.6 Å². The Morgan fingerprint density at radius 1 is 1.00 bits per heavy atom. The smallest absolute Gasteiger partial charge is 0.328 e. The van der Waals surface area contributed by atoms with Crippen molar-refractivity contribution in [2.24, 2.45) is 16.6 Å². The van der Waals surface area contributed by atoms with Crippen molar-refractivity contribution in [1.82, 2.24) is 10.3 Å². The number of aliphatic carboxylic acids is 1. The molecule has 2 aromatic carbocycles. The molecule has 0 spiro atoms. The molecule has 49 heavy (non-hydrogen) atoms. The average Bonchev–Trinajstić information content (AvgIpc) is 3.61. The lowest BCUT2D eigenvalue weighted by molar-refractivity contribution is -0.131. The van der Waals surface area contributed by atoms with Gasteiger partial charge in [0.05, 0.1) is 12.1 Å². The predicted molar refractivity (Wildman–Crippen MR) is 192 cm³/mol. The summed E-state index contributed by atoms with van der Waals surface area (Å²) in [5.41, 5.74) is 8.72. The molecule has 5 atom stereocenters. The van der Waals surface area contributed by atoms with Crippen LogP contribution >= 0.6 is 0 Å². The Morgan fingerprint density at radius 3 is 2.55 bits per heavy atom. The highest BCUT2D eigenvalue weighted by Gasteiger charge is 2.26. The molecule has 11 heteroatoms. The van der Waals surface area contributed by atoms with Crippen molar-refractivity contribution in [2.75, 3.05) is 13.2 Å². The van der Waals surface area contributed by atoms with Crippen molar-refractivity contribution in [3.05, 3.63) is 82.8 Å². The number of nitrogens with one attached hydrogen (secondary N) is 2. The Hall–Kier alpha value is -4.48. The van der Waals surface area contributed by atoms with Gasteiger partial charge in [0.15, 0.2) is 5.96 Å². The van der Waals surface area contributed by atoms with Crippen LogP contribution in [0.3, 0.4) is 0 Å². The number of carboxylic acid groups (broad SMARTS) is 1. The summed E-state index contributed by atoms with van der Waals surface area (Å²) >= 11 is 0. The number of benzene rings is 2. The molecular formula is C38H50N5O6-. The zero-order valence-corrected chi connectivity index (χ0v) is 28.0. The highest BCUT2D eigenvalue weighted by Crippen LogP contribution is 2.36. The first kappa shape index (κ1) is 37.3. The first-order valence-corrected chi connectivity index (χ1v) is 17.3. The van der Waals surface area contributed by atoms with Crippen molar-refractivity contribution < 1.29 is 29.7 Å². The van der Waals surface area contributed by atoms with Crippen LogP contribution in [0.25, 0.3) is 16.1 Å². The van der Waals surface area contributed by atoms with Gasteiger partial charge in [-0.1, -0.05) is 67.0 Å². The molecule has 11 nitrogen and oxygen atoms in total. The maximum atomic E-state index is 12.1. The van der Waals surface area contributed by atoms with Crippen LogP contribution in [0.1, 0.15) is 81.3 Å².